The zero-order valence-corrected chi connectivity index (χ0v) is 14.1. The summed E-state index contributed by atoms with van der Waals surface area (Å²) in [5.41, 5.74) is 1.48. The lowest BCUT2D eigenvalue weighted by molar-refractivity contribution is 0.251. The molecule has 3 N–H and O–H groups in total. The van der Waals surface area contributed by atoms with E-state index in [2.05, 4.69) is 25.9 Å². The van der Waals surface area contributed by atoms with Gasteiger partial charge in [0.05, 0.1) is 0 Å². The Morgan fingerprint density at radius 3 is 2.65 bits per heavy atom. The number of nitrogens with zero attached hydrogens (tertiary/aromatic N) is 2. The van der Waals surface area contributed by atoms with E-state index in [1.54, 1.807) is 13.0 Å². The third kappa shape index (κ3) is 5.75. The molecule has 0 fully saturated rings. The quantitative estimate of drug-likeness (QED) is 0.724. The number of halogens is 1. The van der Waals surface area contributed by atoms with Crippen LogP contribution in [0.25, 0.3) is 0 Å². The molecule has 23 heavy (non-hydrogen) atoms. The van der Waals surface area contributed by atoms with Crippen molar-refractivity contribution in [2.45, 2.75) is 20.8 Å². The third-order valence-electron chi connectivity index (χ3n) is 2.87. The molecule has 2 aromatic rings. The second-order valence-corrected chi connectivity index (χ2v) is 5.95. The highest BCUT2D eigenvalue weighted by molar-refractivity contribution is 6.29. The molecule has 0 aliphatic heterocycles. The number of carbonyl (C=O) groups excluding carboxylic acids is 1. The van der Waals surface area contributed by atoms with E-state index >= 15 is 0 Å². The molecule has 0 saturated heterocycles. The van der Waals surface area contributed by atoms with Crippen LogP contribution in [0.5, 0.6) is 0 Å². The molecule has 1 heterocycles. The van der Waals surface area contributed by atoms with Crippen molar-refractivity contribution in [1.82, 2.24) is 15.3 Å². The number of carbonyl (C=O) groups is 1. The molecule has 0 radical (unpaired) electrons. The second-order valence-electron chi connectivity index (χ2n) is 5.56. The van der Waals surface area contributed by atoms with Gasteiger partial charge in [-0.3, -0.25) is 0 Å². The lowest BCUT2D eigenvalue weighted by Gasteiger charge is -2.11. The molecular formula is C16H20ClN5O. The van der Waals surface area contributed by atoms with Crippen molar-refractivity contribution in [3.05, 3.63) is 41.3 Å². The van der Waals surface area contributed by atoms with Crippen LogP contribution in [0.1, 0.15) is 19.7 Å². The molecule has 1 aromatic heterocycles. The molecular weight excluding hydrogens is 314 g/mol. The van der Waals surface area contributed by atoms with E-state index in [0.717, 1.165) is 5.69 Å². The average Bonchev–Trinajstić information content (AvgIpc) is 2.44. The number of aromatic nitrogens is 2. The number of benzene rings is 1. The predicted molar refractivity (Wildman–Crippen MR) is 93.4 cm³/mol. The Balaban J connectivity index is 2.03. The molecule has 7 heteroatoms. The van der Waals surface area contributed by atoms with Gasteiger partial charge in [-0.2, -0.15) is 0 Å². The van der Waals surface area contributed by atoms with Gasteiger partial charge in [0.2, 0.25) is 0 Å². The van der Waals surface area contributed by atoms with Gasteiger partial charge < -0.3 is 16.0 Å². The first-order chi connectivity index (χ1) is 10.9. The Morgan fingerprint density at radius 2 is 1.96 bits per heavy atom. The summed E-state index contributed by atoms with van der Waals surface area (Å²) in [6.45, 7) is 6.48. The highest BCUT2D eigenvalue weighted by atomic mass is 35.5. The van der Waals surface area contributed by atoms with Crippen molar-refractivity contribution in [3.8, 4) is 0 Å². The standard InChI is InChI=1S/C16H20ClN5O/c1-10(2)9-18-16(23)22-13-6-4-5-12(7-13)21-15-8-14(17)19-11(3)20-15/h4-8,10H,9H2,1-3H3,(H2,18,22,23)(H,19,20,21). The van der Waals surface area contributed by atoms with E-state index in [0.29, 0.717) is 34.9 Å². The number of rotatable bonds is 5. The van der Waals surface area contributed by atoms with Gasteiger partial charge in [-0.15, -0.1) is 0 Å². The maximum absolute atomic E-state index is 11.8. The molecule has 2 amide bonds. The van der Waals surface area contributed by atoms with Gasteiger partial charge in [-0.05, 0) is 31.0 Å². The number of aryl methyl sites for hydroxylation is 1. The number of hydrogen-bond acceptors (Lipinski definition) is 4. The van der Waals surface area contributed by atoms with Crippen LogP contribution in [0.4, 0.5) is 22.0 Å². The van der Waals surface area contributed by atoms with Crippen molar-refractivity contribution in [3.63, 3.8) is 0 Å². The molecule has 0 bridgehead atoms. The molecule has 2 rings (SSSR count). The monoisotopic (exact) mass is 333 g/mol. The van der Waals surface area contributed by atoms with Gasteiger partial charge >= 0.3 is 6.03 Å². The fourth-order valence-electron chi connectivity index (χ4n) is 1.89. The van der Waals surface area contributed by atoms with Crippen LogP contribution in [0.15, 0.2) is 30.3 Å². The summed E-state index contributed by atoms with van der Waals surface area (Å²) in [6, 6.07) is 8.78. The first kappa shape index (κ1) is 17.0. The highest BCUT2D eigenvalue weighted by Gasteiger charge is 2.05. The Bertz CT molecular complexity index is 670. The zero-order chi connectivity index (χ0) is 16.8. The summed E-state index contributed by atoms with van der Waals surface area (Å²) in [7, 11) is 0. The van der Waals surface area contributed by atoms with Crippen molar-refractivity contribution in [2.75, 3.05) is 17.2 Å². The lowest BCUT2D eigenvalue weighted by atomic mass is 10.2. The topological polar surface area (TPSA) is 78.9 Å². The number of urea groups is 1. The van der Waals surface area contributed by atoms with Crippen molar-refractivity contribution in [1.29, 1.82) is 0 Å². The fourth-order valence-corrected chi connectivity index (χ4v) is 2.12. The summed E-state index contributed by atoms with van der Waals surface area (Å²) in [4.78, 5) is 20.1. The van der Waals surface area contributed by atoms with Crippen molar-refractivity contribution >= 4 is 34.8 Å². The largest absolute Gasteiger partial charge is 0.340 e. The molecule has 0 unspecified atom stereocenters. The molecule has 0 aliphatic rings. The van der Waals surface area contributed by atoms with E-state index in [9.17, 15) is 4.79 Å². The van der Waals surface area contributed by atoms with Gasteiger partial charge in [-0.25, -0.2) is 14.8 Å². The maximum atomic E-state index is 11.8. The van der Waals surface area contributed by atoms with Crippen LogP contribution < -0.4 is 16.0 Å². The Morgan fingerprint density at radius 1 is 1.22 bits per heavy atom. The predicted octanol–water partition coefficient (Wildman–Crippen LogP) is 3.96. The molecule has 122 valence electrons. The van der Waals surface area contributed by atoms with Crippen LogP contribution >= 0.6 is 11.6 Å². The van der Waals surface area contributed by atoms with Gasteiger partial charge in [0.1, 0.15) is 16.8 Å². The maximum Gasteiger partial charge on any atom is 0.319 e. The van der Waals surface area contributed by atoms with Crippen LogP contribution in [0, 0.1) is 12.8 Å². The summed E-state index contributed by atoms with van der Waals surface area (Å²) >= 11 is 5.92. The van der Waals surface area contributed by atoms with E-state index < -0.39 is 0 Å². The molecule has 0 aliphatic carbocycles. The highest BCUT2D eigenvalue weighted by Crippen LogP contribution is 2.20. The first-order valence-electron chi connectivity index (χ1n) is 7.35. The molecule has 0 saturated carbocycles. The summed E-state index contributed by atoms with van der Waals surface area (Å²) in [5, 5.41) is 9.12. The minimum atomic E-state index is -0.225. The van der Waals surface area contributed by atoms with Crippen molar-refractivity contribution in [2.24, 2.45) is 5.92 Å². The number of amides is 2. The Labute approximate surface area is 140 Å². The normalized spacial score (nSPS) is 10.5. The SMILES string of the molecule is Cc1nc(Cl)cc(Nc2cccc(NC(=O)NCC(C)C)c2)n1. The Kier molecular flexibility index (Phi) is 5.76. The molecule has 6 nitrogen and oxygen atoms in total. The second kappa shape index (κ2) is 7.78. The smallest absolute Gasteiger partial charge is 0.319 e. The van der Waals surface area contributed by atoms with E-state index in [-0.39, 0.29) is 6.03 Å². The van der Waals surface area contributed by atoms with Crippen LogP contribution in [-0.2, 0) is 0 Å². The number of nitrogens with one attached hydrogen (secondary N) is 3. The third-order valence-corrected chi connectivity index (χ3v) is 3.06. The Hall–Kier alpha value is -2.34. The van der Waals surface area contributed by atoms with E-state index in [1.807, 2.05) is 38.1 Å². The van der Waals surface area contributed by atoms with Gasteiger partial charge in [0, 0.05) is 24.0 Å². The van der Waals surface area contributed by atoms with Gasteiger partial charge in [-0.1, -0.05) is 31.5 Å². The van der Waals surface area contributed by atoms with Crippen molar-refractivity contribution < 1.29 is 4.79 Å². The van der Waals surface area contributed by atoms with Gasteiger partial charge in [0.25, 0.3) is 0 Å². The lowest BCUT2D eigenvalue weighted by Crippen LogP contribution is -2.31. The number of anilines is 3. The minimum Gasteiger partial charge on any atom is -0.340 e. The first-order valence-corrected chi connectivity index (χ1v) is 7.73. The van der Waals surface area contributed by atoms with Crippen LogP contribution in [0.2, 0.25) is 5.15 Å². The summed E-state index contributed by atoms with van der Waals surface area (Å²) in [5.74, 6) is 1.59. The molecule has 0 atom stereocenters. The summed E-state index contributed by atoms with van der Waals surface area (Å²) in [6.07, 6.45) is 0. The summed E-state index contributed by atoms with van der Waals surface area (Å²) < 4.78 is 0. The van der Waals surface area contributed by atoms with E-state index in [4.69, 9.17) is 11.6 Å². The van der Waals surface area contributed by atoms with Crippen LogP contribution in [0.3, 0.4) is 0 Å². The minimum absolute atomic E-state index is 0.225. The zero-order valence-electron chi connectivity index (χ0n) is 13.4. The molecule has 1 aromatic carbocycles. The van der Waals surface area contributed by atoms with Gasteiger partial charge in [0.15, 0.2) is 0 Å². The fraction of sp³-hybridized carbons (Fsp3) is 0.312. The van der Waals surface area contributed by atoms with Crippen LogP contribution in [-0.4, -0.2) is 22.5 Å². The number of hydrogen-bond donors (Lipinski definition) is 3. The molecule has 0 spiro atoms. The van der Waals surface area contributed by atoms with E-state index in [1.165, 1.54) is 0 Å². The average molecular weight is 334 g/mol.